The Bertz CT molecular complexity index is 1800. The average molecular weight is 638 g/mol. The molecule has 0 aliphatic carbocycles. The van der Waals surface area contributed by atoms with Gasteiger partial charge in [-0.2, -0.15) is 0 Å². The Morgan fingerprint density at radius 2 is 1.53 bits per heavy atom. The topological polar surface area (TPSA) is 27.3 Å². The molecule has 2 unspecified atom stereocenters. The summed E-state index contributed by atoms with van der Waals surface area (Å²) in [4.78, 5) is 4.76. The second-order valence-electron chi connectivity index (χ2n) is 11.9. The van der Waals surface area contributed by atoms with Crippen LogP contribution in [0.15, 0.2) is 133 Å². The number of nitrogens with one attached hydrogen (secondary N) is 2. The number of anilines is 1. The number of benzene rings is 3. The summed E-state index contributed by atoms with van der Waals surface area (Å²) in [5.74, 6) is 0. The summed E-state index contributed by atoms with van der Waals surface area (Å²) in [6, 6.07) is 30.2. The van der Waals surface area contributed by atoms with E-state index in [1.807, 2.05) is 12.2 Å². The van der Waals surface area contributed by atoms with Gasteiger partial charge in [0.25, 0.3) is 0 Å². The quantitative estimate of drug-likeness (QED) is 0.151. The molecule has 0 spiro atoms. The van der Waals surface area contributed by atoms with Crippen LogP contribution in [0, 0.1) is 0 Å². The molecule has 3 aromatic carbocycles. The van der Waals surface area contributed by atoms with Gasteiger partial charge in [0.05, 0.1) is 6.04 Å². The van der Waals surface area contributed by atoms with Gasteiger partial charge in [0.15, 0.2) is 0 Å². The van der Waals surface area contributed by atoms with Gasteiger partial charge in [-0.25, -0.2) is 0 Å². The predicted octanol–water partition coefficient (Wildman–Crippen LogP) is 11.4. The van der Waals surface area contributed by atoms with E-state index in [4.69, 9.17) is 0 Å². The summed E-state index contributed by atoms with van der Waals surface area (Å²) < 4.78 is 0. The highest BCUT2D eigenvalue weighted by molar-refractivity contribution is 7.14. The zero-order valence-corrected chi connectivity index (χ0v) is 29.2. The highest BCUT2D eigenvalue weighted by Gasteiger charge is 2.24. The molecule has 1 aromatic heterocycles. The van der Waals surface area contributed by atoms with E-state index in [9.17, 15) is 0 Å². The maximum atomic E-state index is 4.07. The molecule has 0 radical (unpaired) electrons. The Balaban J connectivity index is 1.45. The minimum atomic E-state index is -0.0406. The predicted molar refractivity (Wildman–Crippen MR) is 207 cm³/mol. The van der Waals surface area contributed by atoms with E-state index in [1.54, 1.807) is 11.3 Å². The first-order valence-electron chi connectivity index (χ1n) is 16.5. The summed E-state index contributed by atoms with van der Waals surface area (Å²) in [5.41, 5.74) is 12.1. The van der Waals surface area contributed by atoms with Crippen LogP contribution in [0.2, 0.25) is 0 Å². The maximum Gasteiger partial charge on any atom is 0.104 e. The fourth-order valence-electron chi connectivity index (χ4n) is 6.10. The van der Waals surface area contributed by atoms with Crippen LogP contribution in [0.3, 0.4) is 0 Å². The lowest BCUT2D eigenvalue weighted by Gasteiger charge is -2.33. The number of hydrogen-bond acceptors (Lipinski definition) is 4. The van der Waals surface area contributed by atoms with Crippen LogP contribution in [-0.2, 0) is 6.42 Å². The fourth-order valence-corrected chi connectivity index (χ4v) is 7.35. The van der Waals surface area contributed by atoms with Crippen molar-refractivity contribution in [3.05, 3.63) is 171 Å². The van der Waals surface area contributed by atoms with Gasteiger partial charge in [-0.3, -0.25) is 5.32 Å². The van der Waals surface area contributed by atoms with Gasteiger partial charge < -0.3 is 10.2 Å². The lowest BCUT2D eigenvalue weighted by atomic mass is 9.98. The van der Waals surface area contributed by atoms with Crippen molar-refractivity contribution < 1.29 is 0 Å². The van der Waals surface area contributed by atoms with Crippen molar-refractivity contribution in [2.45, 2.75) is 52.7 Å². The molecule has 4 aromatic rings. The van der Waals surface area contributed by atoms with Crippen molar-refractivity contribution in [2.75, 3.05) is 11.9 Å². The molecule has 0 fully saturated rings. The van der Waals surface area contributed by atoms with Crippen molar-refractivity contribution in [1.82, 2.24) is 10.6 Å². The van der Waals surface area contributed by atoms with Gasteiger partial charge in [-0.05, 0) is 96.0 Å². The Kier molecular flexibility index (Phi) is 11.3. The summed E-state index contributed by atoms with van der Waals surface area (Å²) in [6.45, 7) is 16.9. The lowest BCUT2D eigenvalue weighted by Crippen LogP contribution is -2.39. The Labute approximate surface area is 286 Å². The molecule has 0 bridgehead atoms. The molecule has 2 atom stereocenters. The molecule has 2 N–H and O–H groups in total. The van der Waals surface area contributed by atoms with E-state index in [1.165, 1.54) is 54.4 Å². The number of nitrogens with zero attached hydrogens (tertiary/aromatic N) is 1. The van der Waals surface area contributed by atoms with Crippen LogP contribution in [0.5, 0.6) is 0 Å². The summed E-state index contributed by atoms with van der Waals surface area (Å²) in [7, 11) is 2.16. The Morgan fingerprint density at radius 3 is 2.15 bits per heavy atom. The highest BCUT2D eigenvalue weighted by atomic mass is 32.1. The Morgan fingerprint density at radius 1 is 0.851 bits per heavy atom. The van der Waals surface area contributed by atoms with E-state index in [0.29, 0.717) is 0 Å². The van der Waals surface area contributed by atoms with Gasteiger partial charge in [0.1, 0.15) is 6.17 Å². The van der Waals surface area contributed by atoms with Gasteiger partial charge >= 0.3 is 0 Å². The zero-order valence-electron chi connectivity index (χ0n) is 28.4. The van der Waals surface area contributed by atoms with Crippen LogP contribution in [0.1, 0.15) is 83.9 Å². The van der Waals surface area contributed by atoms with E-state index < -0.39 is 0 Å². The minimum absolute atomic E-state index is 0.0406. The normalized spacial score (nSPS) is 17.1. The van der Waals surface area contributed by atoms with E-state index in [2.05, 4.69) is 173 Å². The third kappa shape index (κ3) is 7.68. The molecular weight excluding hydrogens is 591 g/mol. The lowest BCUT2D eigenvalue weighted by molar-refractivity contribution is 0.442. The first kappa shape index (κ1) is 33.7. The second-order valence-corrected chi connectivity index (χ2v) is 12.9. The third-order valence-electron chi connectivity index (χ3n) is 8.88. The molecular formula is C43H47N3S. The van der Waals surface area contributed by atoms with Gasteiger partial charge in [-0.15, -0.1) is 11.3 Å². The molecule has 5 rings (SSSR count). The highest BCUT2D eigenvalue weighted by Crippen LogP contribution is 2.35. The molecule has 4 heteroatoms. The van der Waals surface area contributed by atoms with Crippen molar-refractivity contribution in [2.24, 2.45) is 0 Å². The summed E-state index contributed by atoms with van der Waals surface area (Å²) in [6.07, 6.45) is 14.9. The smallest absolute Gasteiger partial charge is 0.104 e. The number of likely N-dealkylation sites (N-methyl/N-ethyl adjacent to an activating group) is 1. The molecule has 47 heavy (non-hydrogen) atoms. The summed E-state index contributed by atoms with van der Waals surface area (Å²) in [5, 5.41) is 7.59. The van der Waals surface area contributed by atoms with Crippen LogP contribution in [0.4, 0.5) is 5.69 Å². The first-order chi connectivity index (χ1) is 22.9. The molecule has 240 valence electrons. The zero-order chi connectivity index (χ0) is 33.3. The van der Waals surface area contributed by atoms with Gasteiger partial charge in [-0.1, -0.05) is 118 Å². The summed E-state index contributed by atoms with van der Waals surface area (Å²) >= 11 is 1.79. The van der Waals surface area contributed by atoms with E-state index in [0.717, 1.165) is 24.2 Å². The van der Waals surface area contributed by atoms with Crippen molar-refractivity contribution in [3.63, 3.8) is 0 Å². The third-order valence-corrected chi connectivity index (χ3v) is 10.1. The van der Waals surface area contributed by atoms with Crippen molar-refractivity contribution >= 4 is 40.9 Å². The van der Waals surface area contributed by atoms with Crippen LogP contribution in [0.25, 0.3) is 23.9 Å². The molecule has 2 heterocycles. The van der Waals surface area contributed by atoms with Crippen LogP contribution < -0.4 is 15.5 Å². The molecule has 3 nitrogen and oxygen atoms in total. The molecule has 1 aliphatic rings. The van der Waals surface area contributed by atoms with Gasteiger partial charge in [0, 0.05) is 33.9 Å². The second kappa shape index (κ2) is 15.8. The average Bonchev–Trinajstić information content (AvgIpc) is 3.48. The van der Waals surface area contributed by atoms with Crippen molar-refractivity contribution in [1.29, 1.82) is 0 Å². The number of rotatable bonds is 12. The minimum Gasteiger partial charge on any atom is -0.366 e. The first-order valence-corrected chi connectivity index (χ1v) is 17.3. The number of thiophene rings is 1. The molecule has 1 aliphatic heterocycles. The molecule has 0 saturated heterocycles. The van der Waals surface area contributed by atoms with E-state index in [-0.39, 0.29) is 12.2 Å². The maximum absolute atomic E-state index is 4.07. The van der Waals surface area contributed by atoms with Gasteiger partial charge in [0.2, 0.25) is 0 Å². The van der Waals surface area contributed by atoms with Crippen LogP contribution in [-0.4, -0.2) is 7.05 Å². The number of allylic oxidation sites excluding steroid dienone is 4. The largest absolute Gasteiger partial charge is 0.366 e. The SMILES string of the molecule is C=Cc1sc(/C=C(C)/C(C)=C(/C=C\CC)N(C)c2ccc(C3NC(c4ccccc4)=CC(c4ccccc4)N3)cc2)c(CC)c1C=C. The molecule has 0 saturated carbocycles. The molecule has 0 amide bonds. The van der Waals surface area contributed by atoms with Crippen molar-refractivity contribution in [3.8, 4) is 0 Å². The number of hydrogen-bond donors (Lipinski definition) is 2. The van der Waals surface area contributed by atoms with Crippen LogP contribution >= 0.6 is 11.3 Å². The Hall–Kier alpha value is -4.64. The van der Waals surface area contributed by atoms with E-state index >= 15 is 0 Å². The monoisotopic (exact) mass is 637 g/mol. The fraction of sp³-hybridized carbons (Fsp3) is 0.209. The standard InChI is InChI=1S/C43H47N3S/c1-8-12-23-40(31(6)30(5)28-42-37(10-3)36(9-2)41(11-4)47-42)46(7)35-26-24-34(25-27-35)43-44-38(32-19-15-13-16-20-32)29-39(45-43)33-21-17-14-18-22-33/h9,11-29,38,43-45H,2,4,8,10H2,1,3,5-7H3/b23-12-,30-28+,40-31-.